The fourth-order valence-electron chi connectivity index (χ4n) is 1.37. The van der Waals surface area contributed by atoms with E-state index in [0.717, 1.165) is 5.56 Å². The van der Waals surface area contributed by atoms with Crippen LogP contribution in [0.1, 0.15) is 12.5 Å². The van der Waals surface area contributed by atoms with Crippen LogP contribution in [-0.2, 0) is 16.4 Å². The molecule has 0 heterocycles. The lowest BCUT2D eigenvalue weighted by molar-refractivity contribution is 0.565. The molecule has 0 saturated heterocycles. The van der Waals surface area contributed by atoms with Gasteiger partial charge in [-0.25, -0.2) is 13.1 Å². The summed E-state index contributed by atoms with van der Waals surface area (Å²) in [5, 5.41) is 0.660. The molecular formula is C10H13BrClNO2S. The van der Waals surface area contributed by atoms with Gasteiger partial charge in [0.05, 0.1) is 0 Å². The van der Waals surface area contributed by atoms with Crippen LogP contribution >= 0.6 is 27.5 Å². The van der Waals surface area contributed by atoms with E-state index in [1.165, 1.54) is 0 Å². The maximum atomic E-state index is 11.3. The quantitative estimate of drug-likeness (QED) is 0.845. The van der Waals surface area contributed by atoms with Crippen molar-refractivity contribution in [2.75, 3.05) is 4.66 Å². The van der Waals surface area contributed by atoms with E-state index in [-0.39, 0.29) is 10.7 Å². The van der Waals surface area contributed by atoms with Crippen LogP contribution in [0.5, 0.6) is 0 Å². The van der Waals surface area contributed by atoms with Crippen LogP contribution in [0.4, 0.5) is 0 Å². The second-order valence-corrected chi connectivity index (χ2v) is 7.00. The minimum Gasteiger partial charge on any atom is -0.212 e. The third-order valence-electron chi connectivity index (χ3n) is 2.01. The molecule has 0 amide bonds. The summed E-state index contributed by atoms with van der Waals surface area (Å²) in [7, 11) is -3.23. The molecule has 16 heavy (non-hydrogen) atoms. The minimum absolute atomic E-state index is 0.0904. The molecule has 90 valence electrons. The molecule has 3 nitrogen and oxygen atoms in total. The zero-order chi connectivity index (χ0) is 12.2. The molecule has 6 heteroatoms. The molecule has 0 radical (unpaired) electrons. The predicted molar refractivity (Wildman–Crippen MR) is 70.5 cm³/mol. The van der Waals surface area contributed by atoms with E-state index in [2.05, 4.69) is 20.7 Å². The van der Waals surface area contributed by atoms with Gasteiger partial charge in [-0.2, -0.15) is 0 Å². The summed E-state index contributed by atoms with van der Waals surface area (Å²) >= 11 is 8.91. The van der Waals surface area contributed by atoms with E-state index in [4.69, 9.17) is 11.6 Å². The van der Waals surface area contributed by atoms with Crippen LogP contribution < -0.4 is 4.72 Å². The fraction of sp³-hybridized carbons (Fsp3) is 0.400. The summed E-state index contributed by atoms with van der Waals surface area (Å²) in [4.78, 5) is 0. The maximum absolute atomic E-state index is 11.3. The number of halogens is 2. The molecule has 1 unspecified atom stereocenters. The number of hydrogen-bond acceptors (Lipinski definition) is 2. The zero-order valence-electron chi connectivity index (χ0n) is 8.78. The van der Waals surface area contributed by atoms with E-state index in [1.807, 2.05) is 25.1 Å². The van der Waals surface area contributed by atoms with Gasteiger partial charge in [-0.05, 0) is 25.0 Å². The monoisotopic (exact) mass is 325 g/mol. The number of nitrogens with one attached hydrogen (secondary N) is 1. The first kappa shape index (κ1) is 14.0. The van der Waals surface area contributed by atoms with Gasteiger partial charge in [0.25, 0.3) is 0 Å². The van der Waals surface area contributed by atoms with Crippen LogP contribution in [0.2, 0.25) is 5.02 Å². The Hall–Kier alpha value is -0.100. The van der Waals surface area contributed by atoms with Crippen LogP contribution in [-0.4, -0.2) is 19.1 Å². The molecule has 1 N–H and O–H groups in total. The standard InChI is InChI=1S/C10H13BrClNO2S/c1-8(13-16(14,15)7-11)6-9-4-2-3-5-10(9)12/h2-5,8,13H,6-7H2,1H3. The molecule has 0 aliphatic heterocycles. The average molecular weight is 327 g/mol. The third kappa shape index (κ3) is 4.41. The molecule has 0 saturated carbocycles. The summed E-state index contributed by atoms with van der Waals surface area (Å²) in [6, 6.07) is 7.23. The van der Waals surface area contributed by atoms with Gasteiger partial charge in [0.15, 0.2) is 0 Å². The van der Waals surface area contributed by atoms with Gasteiger partial charge >= 0.3 is 0 Å². The lowest BCUT2D eigenvalue weighted by Gasteiger charge is -2.13. The molecule has 0 aromatic heterocycles. The highest BCUT2D eigenvalue weighted by atomic mass is 79.9. The van der Waals surface area contributed by atoms with E-state index in [1.54, 1.807) is 6.07 Å². The molecule has 1 atom stereocenters. The maximum Gasteiger partial charge on any atom is 0.221 e. The van der Waals surface area contributed by atoms with Gasteiger partial charge in [0.1, 0.15) is 4.66 Å². The summed E-state index contributed by atoms with van der Waals surface area (Å²) in [6.45, 7) is 1.81. The largest absolute Gasteiger partial charge is 0.221 e. The van der Waals surface area contributed by atoms with Gasteiger partial charge in [0, 0.05) is 11.1 Å². The van der Waals surface area contributed by atoms with E-state index in [9.17, 15) is 8.42 Å². The normalized spacial score (nSPS) is 13.7. The molecule has 0 bridgehead atoms. The fourth-order valence-corrected chi connectivity index (χ4v) is 2.74. The topological polar surface area (TPSA) is 46.2 Å². The van der Waals surface area contributed by atoms with Crippen LogP contribution in [0, 0.1) is 0 Å². The Morgan fingerprint density at radius 2 is 2.06 bits per heavy atom. The van der Waals surface area contributed by atoms with Crippen molar-refractivity contribution in [2.45, 2.75) is 19.4 Å². The molecular weight excluding hydrogens is 314 g/mol. The molecule has 0 spiro atoms. The molecule has 1 aromatic carbocycles. The Morgan fingerprint density at radius 3 is 2.62 bits per heavy atom. The highest BCUT2D eigenvalue weighted by Gasteiger charge is 2.13. The molecule has 0 fully saturated rings. The Kier molecular flexibility index (Phi) is 5.24. The number of hydrogen-bond donors (Lipinski definition) is 1. The lowest BCUT2D eigenvalue weighted by Crippen LogP contribution is -2.34. The van der Waals surface area contributed by atoms with Crippen molar-refractivity contribution in [1.29, 1.82) is 0 Å². The number of sulfonamides is 1. The molecule has 0 aliphatic carbocycles. The Labute approximate surface area is 109 Å². The van der Waals surface area contributed by atoms with Crippen molar-refractivity contribution in [3.05, 3.63) is 34.9 Å². The van der Waals surface area contributed by atoms with E-state index in [0.29, 0.717) is 11.4 Å². The van der Waals surface area contributed by atoms with Crippen molar-refractivity contribution in [1.82, 2.24) is 4.72 Å². The van der Waals surface area contributed by atoms with Crippen molar-refractivity contribution in [3.8, 4) is 0 Å². The van der Waals surface area contributed by atoms with Gasteiger partial charge in [-0.1, -0.05) is 45.7 Å². The average Bonchev–Trinajstić information content (AvgIpc) is 2.21. The SMILES string of the molecule is CC(Cc1ccccc1Cl)NS(=O)(=O)CBr. The Bertz CT molecular complexity index is 450. The number of rotatable bonds is 5. The second kappa shape index (κ2) is 6.00. The second-order valence-electron chi connectivity index (χ2n) is 3.54. The van der Waals surface area contributed by atoms with Crippen LogP contribution in [0.15, 0.2) is 24.3 Å². The summed E-state index contributed by atoms with van der Waals surface area (Å²) < 4.78 is 25.0. The zero-order valence-corrected chi connectivity index (χ0v) is 11.9. The van der Waals surface area contributed by atoms with Crippen molar-refractivity contribution in [2.24, 2.45) is 0 Å². The summed E-state index contributed by atoms with van der Waals surface area (Å²) in [6.07, 6.45) is 0.575. The van der Waals surface area contributed by atoms with Crippen molar-refractivity contribution in [3.63, 3.8) is 0 Å². The highest BCUT2D eigenvalue weighted by Crippen LogP contribution is 2.16. The first-order valence-corrected chi connectivity index (χ1v) is 7.89. The first-order chi connectivity index (χ1) is 7.44. The predicted octanol–water partition coefficient (Wildman–Crippen LogP) is 2.54. The van der Waals surface area contributed by atoms with Gasteiger partial charge in [-0.3, -0.25) is 0 Å². The highest BCUT2D eigenvalue weighted by molar-refractivity contribution is 9.10. The molecule has 1 aromatic rings. The molecule has 0 aliphatic rings. The lowest BCUT2D eigenvalue weighted by atomic mass is 10.1. The van der Waals surface area contributed by atoms with Crippen molar-refractivity contribution >= 4 is 37.6 Å². The van der Waals surface area contributed by atoms with Gasteiger partial charge in [-0.15, -0.1) is 0 Å². The summed E-state index contributed by atoms with van der Waals surface area (Å²) in [5.41, 5.74) is 0.939. The van der Waals surface area contributed by atoms with Crippen LogP contribution in [0.25, 0.3) is 0 Å². The number of benzene rings is 1. The van der Waals surface area contributed by atoms with E-state index < -0.39 is 10.0 Å². The minimum atomic E-state index is -3.23. The van der Waals surface area contributed by atoms with Gasteiger partial charge < -0.3 is 0 Å². The van der Waals surface area contributed by atoms with Crippen molar-refractivity contribution < 1.29 is 8.42 Å². The number of alkyl halides is 1. The summed E-state index contributed by atoms with van der Waals surface area (Å²) in [5.74, 6) is 0. The van der Waals surface area contributed by atoms with Crippen LogP contribution in [0.3, 0.4) is 0 Å². The third-order valence-corrected chi connectivity index (χ3v) is 5.23. The smallest absolute Gasteiger partial charge is 0.212 e. The molecule has 1 rings (SSSR count). The van der Waals surface area contributed by atoms with E-state index >= 15 is 0 Å². The first-order valence-electron chi connectivity index (χ1n) is 4.74. The van der Waals surface area contributed by atoms with Gasteiger partial charge in [0.2, 0.25) is 10.0 Å². The Balaban J connectivity index is 2.66. The Morgan fingerprint density at radius 1 is 1.44 bits per heavy atom.